The van der Waals surface area contributed by atoms with Crippen LogP contribution in [0.2, 0.25) is 0 Å². The lowest BCUT2D eigenvalue weighted by molar-refractivity contribution is -0.316. The molecule has 4 saturated carbocycles. The van der Waals surface area contributed by atoms with E-state index in [9.17, 15) is 59.4 Å². The van der Waals surface area contributed by atoms with Crippen LogP contribution in [0.1, 0.15) is 91.4 Å². The van der Waals surface area contributed by atoms with E-state index in [0.29, 0.717) is 49.5 Å². The van der Waals surface area contributed by atoms with Crippen LogP contribution in [-0.2, 0) is 28.8 Å². The Morgan fingerprint density at radius 1 is 0.694 bits per heavy atom. The monoisotopic (exact) mass is 880 g/mol. The normalized spacial score (nSPS) is 32.7. The zero-order chi connectivity index (χ0) is 45.4. The minimum Gasteiger partial charge on any atom is -0.481 e. The van der Waals surface area contributed by atoms with E-state index in [-0.39, 0.29) is 120 Å². The number of carbonyl (C=O) groups is 6. The van der Waals surface area contributed by atoms with Crippen molar-refractivity contribution < 1.29 is 59.4 Å². The number of aliphatic carboxylic acids is 4. The van der Waals surface area contributed by atoms with E-state index < -0.39 is 41.6 Å². The molecule has 1 saturated heterocycles. The number of rotatable bonds is 19. The Hall–Kier alpha value is -3.46. The lowest BCUT2D eigenvalue weighted by Crippen LogP contribution is -2.66. The predicted molar refractivity (Wildman–Crippen MR) is 225 cm³/mol. The summed E-state index contributed by atoms with van der Waals surface area (Å²) in [5.41, 5.74) is -0.570. The molecule has 5 rings (SSSR count). The summed E-state index contributed by atoms with van der Waals surface area (Å²) in [6, 6.07) is -0.387. The number of hydrogen-bond acceptors (Lipinski definition) is 13. The van der Waals surface area contributed by atoms with E-state index in [0.717, 1.165) is 38.5 Å². The summed E-state index contributed by atoms with van der Waals surface area (Å²) in [5, 5.41) is 73.3. The topological polar surface area (TPSA) is 273 Å². The average molecular weight is 880 g/mol. The van der Waals surface area contributed by atoms with Crippen molar-refractivity contribution in [2.24, 2.45) is 46.3 Å². The Morgan fingerprint density at radius 3 is 1.92 bits per heavy atom. The number of carboxylic acid groups (broad SMARTS) is 4. The molecule has 352 valence electrons. The number of amides is 2. The van der Waals surface area contributed by atoms with Crippen molar-refractivity contribution >= 4 is 35.7 Å². The van der Waals surface area contributed by atoms with E-state index in [1.165, 1.54) is 5.01 Å². The molecule has 2 amide bonds. The second-order valence-electron chi connectivity index (χ2n) is 19.5. The average Bonchev–Trinajstić information content (AvgIpc) is 3.54. The molecule has 0 spiro atoms. The van der Waals surface area contributed by atoms with Crippen molar-refractivity contribution in [1.82, 2.24) is 35.8 Å². The highest BCUT2D eigenvalue weighted by atomic mass is 16.5. The van der Waals surface area contributed by atoms with E-state index in [4.69, 9.17) is 0 Å². The molecule has 0 aromatic rings. The van der Waals surface area contributed by atoms with Crippen LogP contribution in [-0.4, -0.2) is 183 Å². The third kappa shape index (κ3) is 12.2. The van der Waals surface area contributed by atoms with Gasteiger partial charge in [-0.3, -0.25) is 38.6 Å². The van der Waals surface area contributed by atoms with E-state index in [2.05, 4.69) is 36.7 Å². The van der Waals surface area contributed by atoms with Gasteiger partial charge in [0.15, 0.2) is 5.79 Å². The van der Waals surface area contributed by atoms with Gasteiger partial charge in [0, 0.05) is 70.1 Å². The van der Waals surface area contributed by atoms with Crippen molar-refractivity contribution in [3.8, 4) is 0 Å². The number of carbonyl (C=O) groups excluding carboxylic acids is 2. The summed E-state index contributed by atoms with van der Waals surface area (Å²) < 4.78 is 0. The molecule has 0 radical (unpaired) electrons. The second-order valence-corrected chi connectivity index (χ2v) is 19.5. The highest BCUT2D eigenvalue weighted by Gasteiger charge is 2.66. The standard InChI is InChI=1S/C43H73N7O12/c1-28(5-10-37(53)54)32-8-9-33-31-7-6-29-21-30(22-43(61,62)42(29,3)34(31)11-12-41(32,33)2)46-35(51)23-44-13-4-14-45-36(52)24-49-19-17-47(25-38(55)56)15-16-48(26-39(57)58)18-20-50(49)27-40(59)60/h28-34,44,61-62H,4-27H2,1-3H3,(H,45,52)(H,46,51)(H,53,54)(H,55,56)(H,57,58)(H,59,60)/t28-,29?,30?,31+,32-,33+,34+,41-,42+/m1/s1. The Balaban J connectivity index is 1.06. The van der Waals surface area contributed by atoms with Crippen molar-refractivity contribution in [2.45, 2.75) is 103 Å². The quantitative estimate of drug-likeness (QED) is 0.0628. The van der Waals surface area contributed by atoms with Crippen LogP contribution in [0, 0.1) is 46.3 Å². The zero-order valence-corrected chi connectivity index (χ0v) is 36.9. The molecule has 5 aliphatic rings. The molecule has 0 aromatic heterocycles. The number of hydrogen-bond donors (Lipinski definition) is 9. The van der Waals surface area contributed by atoms with Crippen molar-refractivity contribution in [3.05, 3.63) is 0 Å². The maximum absolute atomic E-state index is 13.1. The minimum atomic E-state index is -1.95. The first-order valence-electron chi connectivity index (χ1n) is 22.8. The fourth-order valence-corrected chi connectivity index (χ4v) is 12.7. The summed E-state index contributed by atoms with van der Waals surface area (Å²) in [6.45, 7) is 7.44. The van der Waals surface area contributed by atoms with Gasteiger partial charge in [0.25, 0.3) is 0 Å². The van der Waals surface area contributed by atoms with Crippen LogP contribution in [0.15, 0.2) is 0 Å². The molecule has 9 N–H and O–H groups in total. The summed E-state index contributed by atoms with van der Waals surface area (Å²) in [4.78, 5) is 75.4. The first kappa shape index (κ1) is 49.6. The second kappa shape index (κ2) is 21.5. The summed E-state index contributed by atoms with van der Waals surface area (Å²) in [7, 11) is 0. The van der Waals surface area contributed by atoms with Crippen LogP contribution in [0.25, 0.3) is 0 Å². The maximum atomic E-state index is 13.1. The lowest BCUT2D eigenvalue weighted by Gasteiger charge is -2.64. The smallest absolute Gasteiger partial charge is 0.319 e. The Morgan fingerprint density at radius 2 is 1.31 bits per heavy atom. The highest BCUT2D eigenvalue weighted by Crippen LogP contribution is 2.69. The molecule has 4 aliphatic carbocycles. The van der Waals surface area contributed by atoms with Gasteiger partial charge >= 0.3 is 23.9 Å². The maximum Gasteiger partial charge on any atom is 0.319 e. The summed E-state index contributed by atoms with van der Waals surface area (Å²) in [6.07, 6.45) is 8.10. The number of nitrogens with one attached hydrogen (secondary N) is 3. The van der Waals surface area contributed by atoms with E-state index in [1.54, 1.807) is 14.8 Å². The van der Waals surface area contributed by atoms with Gasteiger partial charge in [-0.15, -0.1) is 0 Å². The van der Waals surface area contributed by atoms with Crippen molar-refractivity contribution in [1.29, 1.82) is 0 Å². The summed E-state index contributed by atoms with van der Waals surface area (Å²) in [5.74, 6) is -4.70. The van der Waals surface area contributed by atoms with Gasteiger partial charge in [0.05, 0.1) is 26.2 Å². The molecule has 62 heavy (non-hydrogen) atoms. The van der Waals surface area contributed by atoms with Gasteiger partial charge in [-0.25, -0.2) is 10.0 Å². The minimum absolute atomic E-state index is 0.0108. The number of carboxylic acids is 4. The summed E-state index contributed by atoms with van der Waals surface area (Å²) >= 11 is 0. The first-order chi connectivity index (χ1) is 29.2. The highest BCUT2D eigenvalue weighted by molar-refractivity contribution is 5.78. The van der Waals surface area contributed by atoms with Gasteiger partial charge in [-0.1, -0.05) is 20.8 Å². The van der Waals surface area contributed by atoms with Gasteiger partial charge in [-0.2, -0.15) is 0 Å². The Labute approximate surface area is 364 Å². The molecule has 2 unspecified atom stereocenters. The molecule has 1 aliphatic heterocycles. The molecular weight excluding hydrogens is 807 g/mol. The molecule has 19 nitrogen and oxygen atoms in total. The first-order valence-corrected chi connectivity index (χ1v) is 22.8. The molecule has 0 bridgehead atoms. The third-order valence-electron chi connectivity index (χ3n) is 15.8. The van der Waals surface area contributed by atoms with Gasteiger partial charge in [0.2, 0.25) is 11.8 Å². The fourth-order valence-electron chi connectivity index (χ4n) is 12.7. The molecular formula is C43H73N7O12. The molecule has 19 heteroatoms. The number of hydrazine groups is 1. The van der Waals surface area contributed by atoms with E-state index >= 15 is 0 Å². The van der Waals surface area contributed by atoms with Crippen LogP contribution in [0.5, 0.6) is 0 Å². The zero-order valence-electron chi connectivity index (χ0n) is 36.9. The molecule has 1 heterocycles. The molecule has 5 fully saturated rings. The Kier molecular flexibility index (Phi) is 17.2. The van der Waals surface area contributed by atoms with Crippen molar-refractivity contribution in [2.75, 3.05) is 85.1 Å². The molecule has 9 atom stereocenters. The fraction of sp³-hybridized carbons (Fsp3) is 0.860. The van der Waals surface area contributed by atoms with E-state index in [1.807, 2.05) is 0 Å². The van der Waals surface area contributed by atoms with Crippen LogP contribution >= 0.6 is 0 Å². The predicted octanol–water partition coefficient (Wildman–Crippen LogP) is 0.408. The number of nitrogens with zero attached hydrogens (tertiary/aromatic N) is 4. The third-order valence-corrected chi connectivity index (χ3v) is 15.8. The lowest BCUT2D eigenvalue weighted by atomic mass is 9.42. The van der Waals surface area contributed by atoms with Crippen molar-refractivity contribution in [3.63, 3.8) is 0 Å². The van der Waals surface area contributed by atoms with Gasteiger partial charge < -0.3 is 46.6 Å². The number of aliphatic hydroxyl groups is 2. The van der Waals surface area contributed by atoms with Crippen LogP contribution in [0.4, 0.5) is 0 Å². The SMILES string of the molecule is C[C@H](CCC(=O)O)[C@H]1CC[C@H]2[C@@H]3CCC4CC(NC(=O)CNCCCNC(=O)CN5CCN(CC(=O)O)CCN(CC(=O)O)CCN5CC(=O)O)CC(O)(O)[C@]4(C)[C@H]3CC[C@]12C. The molecule has 0 aromatic carbocycles. The number of fused-ring (bicyclic) bond motifs is 5. The van der Waals surface area contributed by atoms with Crippen LogP contribution < -0.4 is 16.0 Å². The largest absolute Gasteiger partial charge is 0.481 e. The van der Waals surface area contributed by atoms with Crippen LogP contribution in [0.3, 0.4) is 0 Å². The Bertz CT molecular complexity index is 1600. The van der Waals surface area contributed by atoms with Gasteiger partial charge in [0.1, 0.15) is 6.54 Å². The van der Waals surface area contributed by atoms with Gasteiger partial charge in [-0.05, 0) is 105 Å².